The summed E-state index contributed by atoms with van der Waals surface area (Å²) in [6, 6.07) is 16.2. The fraction of sp³-hybridized carbons (Fsp3) is 0.217. The van der Waals surface area contributed by atoms with Gasteiger partial charge < -0.3 is 10.1 Å². The predicted molar refractivity (Wildman–Crippen MR) is 127 cm³/mol. The lowest BCUT2D eigenvalue weighted by Gasteiger charge is -2.19. The predicted octanol–water partition coefficient (Wildman–Crippen LogP) is 3.84. The number of carbonyl (C=O) groups excluding carboxylic acids is 1. The van der Waals surface area contributed by atoms with E-state index in [-0.39, 0.29) is 13.0 Å². The molecule has 1 atom stereocenters. The number of hydrogen-bond acceptors (Lipinski definition) is 6. The zero-order valence-electron chi connectivity index (χ0n) is 17.9. The van der Waals surface area contributed by atoms with Crippen LogP contribution in [0.25, 0.3) is 0 Å². The van der Waals surface area contributed by atoms with Gasteiger partial charge in [-0.3, -0.25) is 9.78 Å². The maximum Gasteiger partial charge on any atom is 0.244 e. The molecule has 0 bridgehead atoms. The Morgan fingerprint density at radius 3 is 2.64 bits per heavy atom. The van der Waals surface area contributed by atoms with Gasteiger partial charge in [0, 0.05) is 18.0 Å². The van der Waals surface area contributed by atoms with Gasteiger partial charge in [-0.05, 0) is 54.8 Å². The van der Waals surface area contributed by atoms with E-state index in [4.69, 9.17) is 4.74 Å². The Morgan fingerprint density at radius 1 is 1.12 bits per heavy atom. The van der Waals surface area contributed by atoms with Gasteiger partial charge in [-0.1, -0.05) is 24.3 Å². The number of thioether (sulfide) groups is 1. The van der Waals surface area contributed by atoms with Gasteiger partial charge >= 0.3 is 0 Å². The van der Waals surface area contributed by atoms with Gasteiger partial charge in [-0.15, -0.1) is 0 Å². The molecule has 1 aromatic heterocycles. The van der Waals surface area contributed by atoms with Crippen molar-refractivity contribution in [3.05, 3.63) is 84.4 Å². The van der Waals surface area contributed by atoms with Crippen molar-refractivity contribution in [2.24, 2.45) is 0 Å². The Bertz CT molecular complexity index is 1180. The summed E-state index contributed by atoms with van der Waals surface area (Å²) in [6.07, 6.45) is 3.76. The molecule has 2 N–H and O–H groups in total. The number of hydrogen-bond donors (Lipinski definition) is 2. The quantitative estimate of drug-likeness (QED) is 0.425. The van der Waals surface area contributed by atoms with Crippen molar-refractivity contribution in [1.82, 2.24) is 9.71 Å². The second-order valence-electron chi connectivity index (χ2n) is 7.01. The molecule has 0 spiro atoms. The molecule has 2 aromatic carbocycles. The van der Waals surface area contributed by atoms with Crippen molar-refractivity contribution in [3.63, 3.8) is 0 Å². The summed E-state index contributed by atoms with van der Waals surface area (Å²) in [5.41, 5.74) is 1.20. The van der Waals surface area contributed by atoms with E-state index in [0.717, 1.165) is 17.8 Å². The molecule has 1 unspecified atom stereocenters. The number of nitrogens with zero attached hydrogens (tertiary/aromatic N) is 1. The first-order chi connectivity index (χ1) is 15.9. The van der Waals surface area contributed by atoms with Crippen molar-refractivity contribution >= 4 is 33.4 Å². The highest BCUT2D eigenvalue weighted by molar-refractivity contribution is 7.98. The Hall–Kier alpha value is -2.95. The van der Waals surface area contributed by atoms with E-state index in [9.17, 15) is 17.6 Å². The van der Waals surface area contributed by atoms with E-state index in [2.05, 4.69) is 15.0 Å². The zero-order valence-corrected chi connectivity index (χ0v) is 19.5. The highest BCUT2D eigenvalue weighted by Crippen LogP contribution is 2.20. The van der Waals surface area contributed by atoms with Crippen LogP contribution < -0.4 is 14.8 Å². The number of pyridine rings is 1. The van der Waals surface area contributed by atoms with E-state index in [0.29, 0.717) is 17.2 Å². The molecule has 0 radical (unpaired) electrons. The number of benzene rings is 2. The molecule has 7 nitrogen and oxygen atoms in total. The van der Waals surface area contributed by atoms with Crippen LogP contribution >= 0.6 is 11.8 Å². The van der Waals surface area contributed by atoms with E-state index in [1.54, 1.807) is 30.5 Å². The molecule has 0 saturated heterocycles. The van der Waals surface area contributed by atoms with Gasteiger partial charge in [0.1, 0.15) is 29.1 Å². The minimum Gasteiger partial charge on any atom is -0.487 e. The number of nitrogens with one attached hydrogen (secondary N) is 2. The molecule has 0 aliphatic heterocycles. The van der Waals surface area contributed by atoms with Crippen LogP contribution in [0.15, 0.2) is 77.8 Å². The Labute approximate surface area is 196 Å². The number of aromatic nitrogens is 1. The van der Waals surface area contributed by atoms with Crippen LogP contribution in [0, 0.1) is 5.82 Å². The van der Waals surface area contributed by atoms with Crippen molar-refractivity contribution in [1.29, 1.82) is 0 Å². The largest absolute Gasteiger partial charge is 0.487 e. The molecule has 0 saturated carbocycles. The number of ether oxygens (including phenoxy) is 1. The molecule has 0 fully saturated rings. The van der Waals surface area contributed by atoms with Crippen LogP contribution in [0.2, 0.25) is 0 Å². The third-order valence-electron chi connectivity index (χ3n) is 4.57. The Kier molecular flexibility index (Phi) is 8.81. The summed E-state index contributed by atoms with van der Waals surface area (Å²) in [7, 11) is -4.23. The fourth-order valence-electron chi connectivity index (χ4n) is 2.93. The van der Waals surface area contributed by atoms with E-state index >= 15 is 0 Å². The Balaban J connectivity index is 1.70. The number of anilines is 1. The minimum absolute atomic E-state index is 0.233. The first kappa shape index (κ1) is 24.7. The molecule has 174 valence electrons. The van der Waals surface area contributed by atoms with E-state index in [1.807, 2.05) is 24.5 Å². The Morgan fingerprint density at radius 2 is 1.91 bits per heavy atom. The number of carbonyl (C=O) groups is 1. The monoisotopic (exact) mass is 489 g/mol. The molecule has 0 aliphatic rings. The molecule has 3 rings (SSSR count). The third kappa shape index (κ3) is 7.28. The van der Waals surface area contributed by atoms with Crippen molar-refractivity contribution in [2.45, 2.75) is 24.0 Å². The summed E-state index contributed by atoms with van der Waals surface area (Å²) in [6.45, 7) is 0.261. The number of rotatable bonds is 11. The molecule has 33 heavy (non-hydrogen) atoms. The van der Waals surface area contributed by atoms with Gasteiger partial charge in [0.2, 0.25) is 15.9 Å². The molecule has 10 heteroatoms. The lowest BCUT2D eigenvalue weighted by molar-refractivity contribution is -0.117. The first-order valence-corrected chi connectivity index (χ1v) is 13.0. The number of sulfonamides is 1. The van der Waals surface area contributed by atoms with E-state index < -0.39 is 32.7 Å². The molecule has 0 aliphatic carbocycles. The van der Waals surface area contributed by atoms with Gasteiger partial charge in [0.15, 0.2) is 0 Å². The van der Waals surface area contributed by atoms with Crippen LogP contribution in [-0.4, -0.2) is 37.4 Å². The molecule has 1 heterocycles. The summed E-state index contributed by atoms with van der Waals surface area (Å²) in [4.78, 5) is 16.6. The van der Waals surface area contributed by atoms with Crippen LogP contribution in [0.1, 0.15) is 12.1 Å². The average Bonchev–Trinajstić information content (AvgIpc) is 2.81. The van der Waals surface area contributed by atoms with Crippen LogP contribution in [0.5, 0.6) is 5.75 Å². The van der Waals surface area contributed by atoms with Gasteiger partial charge in [-0.2, -0.15) is 16.5 Å². The van der Waals surface area contributed by atoms with Gasteiger partial charge in [0.25, 0.3) is 0 Å². The van der Waals surface area contributed by atoms with Crippen LogP contribution in [0.4, 0.5) is 10.1 Å². The normalized spacial score (nSPS) is 12.2. The van der Waals surface area contributed by atoms with Crippen LogP contribution in [-0.2, 0) is 21.4 Å². The highest BCUT2D eigenvalue weighted by atomic mass is 32.2. The van der Waals surface area contributed by atoms with E-state index in [1.165, 1.54) is 23.9 Å². The number of amides is 1. The lowest BCUT2D eigenvalue weighted by atomic mass is 10.2. The van der Waals surface area contributed by atoms with Gasteiger partial charge in [0.05, 0.1) is 5.69 Å². The van der Waals surface area contributed by atoms with Crippen LogP contribution in [0.3, 0.4) is 0 Å². The summed E-state index contributed by atoms with van der Waals surface area (Å²) in [5, 5.41) is 2.71. The maximum absolute atomic E-state index is 14.0. The smallest absolute Gasteiger partial charge is 0.244 e. The lowest BCUT2D eigenvalue weighted by Crippen LogP contribution is -2.44. The number of halogens is 1. The average molecular weight is 490 g/mol. The molecular formula is C23H24FN3O4S2. The first-order valence-electron chi connectivity index (χ1n) is 10.1. The minimum atomic E-state index is -4.23. The van der Waals surface area contributed by atoms with Gasteiger partial charge in [-0.25, -0.2) is 12.8 Å². The second-order valence-corrected chi connectivity index (χ2v) is 9.68. The maximum atomic E-state index is 14.0. The topological polar surface area (TPSA) is 97.4 Å². The zero-order chi connectivity index (χ0) is 23.7. The molecule has 3 aromatic rings. The van der Waals surface area contributed by atoms with Crippen molar-refractivity contribution < 1.29 is 22.3 Å². The highest BCUT2D eigenvalue weighted by Gasteiger charge is 2.27. The standard InChI is InChI=1S/C23H24FN3O4S2/c1-32-14-12-21(27-33(29,30)22-11-3-2-10-20(22)24)23(28)26-17-8-6-9-19(15-17)31-16-18-7-4-5-13-25-18/h2-11,13,15,21,27H,12,14,16H2,1H3,(H,26,28). The molecule has 1 amide bonds. The SMILES string of the molecule is CSCCC(NS(=O)(=O)c1ccccc1F)C(=O)Nc1cccc(OCc2ccccn2)c1. The van der Waals surface area contributed by atoms with Crippen molar-refractivity contribution in [2.75, 3.05) is 17.3 Å². The summed E-state index contributed by atoms with van der Waals surface area (Å²) >= 11 is 1.47. The summed E-state index contributed by atoms with van der Waals surface area (Å²) < 4.78 is 47.5. The fourth-order valence-corrected chi connectivity index (χ4v) is 4.71. The molecular weight excluding hydrogens is 465 g/mol. The third-order valence-corrected chi connectivity index (χ3v) is 6.71. The summed E-state index contributed by atoms with van der Waals surface area (Å²) in [5.74, 6) is -0.380. The van der Waals surface area contributed by atoms with Crippen molar-refractivity contribution in [3.8, 4) is 5.75 Å². The second kappa shape index (κ2) is 11.8.